The summed E-state index contributed by atoms with van der Waals surface area (Å²) in [4.78, 5) is 28.0. The van der Waals surface area contributed by atoms with E-state index >= 15 is 0 Å². The molecule has 0 unspecified atom stereocenters. The van der Waals surface area contributed by atoms with Crippen molar-refractivity contribution in [2.75, 3.05) is 18.0 Å². The average Bonchev–Trinajstić information content (AvgIpc) is 2.76. The van der Waals surface area contributed by atoms with E-state index in [1.807, 2.05) is 0 Å². The summed E-state index contributed by atoms with van der Waals surface area (Å²) in [6.07, 6.45) is 1.20. The molecule has 0 aliphatic carbocycles. The van der Waals surface area contributed by atoms with Crippen molar-refractivity contribution in [1.82, 2.24) is 4.90 Å². The number of halogens is 2. The first-order valence-electron chi connectivity index (χ1n) is 7.92. The molecule has 2 amide bonds. The van der Waals surface area contributed by atoms with E-state index < -0.39 is 17.7 Å². The first-order valence-corrected chi connectivity index (χ1v) is 7.92. The van der Waals surface area contributed by atoms with Crippen LogP contribution in [0.3, 0.4) is 0 Å². The Morgan fingerprint density at radius 3 is 2.30 bits per heavy atom. The summed E-state index contributed by atoms with van der Waals surface area (Å²) in [5, 5.41) is 0. The van der Waals surface area contributed by atoms with Crippen molar-refractivity contribution in [3.8, 4) is 0 Å². The van der Waals surface area contributed by atoms with E-state index in [0.29, 0.717) is 11.8 Å². The number of imide groups is 1. The zero-order valence-corrected chi connectivity index (χ0v) is 13.3. The van der Waals surface area contributed by atoms with Crippen LogP contribution in [-0.4, -0.2) is 35.8 Å². The number of carbonyl (C=O) groups is 2. The SMILES string of the molecule is C[C@@H]1C[C@H](C)CN([C@H]2CC(=O)N(c3ccc(F)c(F)c3)C2=O)C1. The van der Waals surface area contributed by atoms with E-state index in [0.717, 1.165) is 36.5 Å². The number of anilines is 1. The van der Waals surface area contributed by atoms with Gasteiger partial charge in [-0.1, -0.05) is 13.8 Å². The molecule has 2 aliphatic heterocycles. The van der Waals surface area contributed by atoms with E-state index in [1.165, 1.54) is 6.07 Å². The van der Waals surface area contributed by atoms with Crippen LogP contribution in [0, 0.1) is 23.5 Å². The molecule has 2 saturated heterocycles. The zero-order chi connectivity index (χ0) is 16.7. The quantitative estimate of drug-likeness (QED) is 0.786. The largest absolute Gasteiger partial charge is 0.291 e. The van der Waals surface area contributed by atoms with Gasteiger partial charge in [0.05, 0.1) is 18.2 Å². The van der Waals surface area contributed by atoms with E-state index in [1.54, 1.807) is 0 Å². The van der Waals surface area contributed by atoms with Crippen LogP contribution in [0.1, 0.15) is 26.7 Å². The Morgan fingerprint density at radius 1 is 1.04 bits per heavy atom. The van der Waals surface area contributed by atoms with Gasteiger partial charge in [0.15, 0.2) is 11.6 Å². The van der Waals surface area contributed by atoms with Gasteiger partial charge in [-0.25, -0.2) is 13.7 Å². The van der Waals surface area contributed by atoms with Gasteiger partial charge >= 0.3 is 0 Å². The third-order valence-corrected chi connectivity index (χ3v) is 4.62. The van der Waals surface area contributed by atoms with Crippen molar-refractivity contribution in [2.45, 2.75) is 32.7 Å². The molecule has 2 aliphatic rings. The lowest BCUT2D eigenvalue weighted by Gasteiger charge is -2.37. The number of carbonyl (C=O) groups excluding carboxylic acids is 2. The van der Waals surface area contributed by atoms with Gasteiger partial charge < -0.3 is 0 Å². The maximum atomic E-state index is 13.4. The molecule has 3 atom stereocenters. The number of hydrogen-bond donors (Lipinski definition) is 0. The molecular weight excluding hydrogens is 302 g/mol. The molecule has 23 heavy (non-hydrogen) atoms. The fraction of sp³-hybridized carbons (Fsp3) is 0.529. The smallest absolute Gasteiger partial charge is 0.251 e. The third-order valence-electron chi connectivity index (χ3n) is 4.62. The molecule has 6 heteroatoms. The highest BCUT2D eigenvalue weighted by Crippen LogP contribution is 2.30. The monoisotopic (exact) mass is 322 g/mol. The van der Waals surface area contributed by atoms with Gasteiger partial charge in [0.25, 0.3) is 5.91 Å². The van der Waals surface area contributed by atoms with Gasteiger partial charge in [-0.2, -0.15) is 0 Å². The van der Waals surface area contributed by atoms with Gasteiger partial charge in [-0.3, -0.25) is 14.5 Å². The van der Waals surface area contributed by atoms with Crippen LogP contribution in [0.25, 0.3) is 0 Å². The molecule has 1 aromatic rings. The molecule has 0 radical (unpaired) electrons. The summed E-state index contributed by atoms with van der Waals surface area (Å²) >= 11 is 0. The summed E-state index contributed by atoms with van der Waals surface area (Å²) < 4.78 is 26.5. The van der Waals surface area contributed by atoms with Gasteiger partial charge in [-0.05, 0) is 30.4 Å². The highest BCUT2D eigenvalue weighted by molar-refractivity contribution is 6.22. The standard InChI is InChI=1S/C17H20F2N2O2/c1-10-5-11(2)9-20(8-10)15-7-16(22)21(17(15)23)12-3-4-13(18)14(19)6-12/h3-4,6,10-11,15H,5,7-9H2,1-2H3/t10-,11+,15-/m0/s1. The Balaban J connectivity index is 1.83. The Hall–Kier alpha value is -1.82. The van der Waals surface area contributed by atoms with Crippen molar-refractivity contribution in [1.29, 1.82) is 0 Å². The molecule has 0 N–H and O–H groups in total. The molecule has 0 aromatic heterocycles. The normalized spacial score (nSPS) is 29.4. The van der Waals surface area contributed by atoms with Crippen molar-refractivity contribution in [3.05, 3.63) is 29.8 Å². The van der Waals surface area contributed by atoms with E-state index in [-0.39, 0.29) is 23.9 Å². The lowest BCUT2D eigenvalue weighted by atomic mass is 9.90. The van der Waals surface area contributed by atoms with Crippen molar-refractivity contribution in [2.24, 2.45) is 11.8 Å². The van der Waals surface area contributed by atoms with Crippen LogP contribution in [-0.2, 0) is 9.59 Å². The summed E-state index contributed by atoms with van der Waals surface area (Å²) in [7, 11) is 0. The second-order valence-corrected chi connectivity index (χ2v) is 6.79. The number of hydrogen-bond acceptors (Lipinski definition) is 3. The number of amides is 2. The maximum Gasteiger partial charge on any atom is 0.251 e. The molecular formula is C17H20F2N2O2. The maximum absolute atomic E-state index is 13.4. The van der Waals surface area contributed by atoms with Crippen molar-refractivity contribution < 1.29 is 18.4 Å². The van der Waals surface area contributed by atoms with Gasteiger partial charge in [-0.15, -0.1) is 0 Å². The molecule has 4 nitrogen and oxygen atoms in total. The van der Waals surface area contributed by atoms with Crippen molar-refractivity contribution in [3.63, 3.8) is 0 Å². The molecule has 2 fully saturated rings. The molecule has 0 saturated carbocycles. The van der Waals surface area contributed by atoms with Gasteiger partial charge in [0.2, 0.25) is 5.91 Å². The topological polar surface area (TPSA) is 40.6 Å². The second kappa shape index (κ2) is 6.00. The number of benzene rings is 1. The minimum atomic E-state index is -1.06. The number of piperidine rings is 1. The highest BCUT2D eigenvalue weighted by Gasteiger charge is 2.44. The van der Waals surface area contributed by atoms with Crippen LogP contribution < -0.4 is 4.90 Å². The average molecular weight is 322 g/mol. The second-order valence-electron chi connectivity index (χ2n) is 6.79. The van der Waals surface area contributed by atoms with E-state index in [4.69, 9.17) is 0 Å². The zero-order valence-electron chi connectivity index (χ0n) is 13.3. The van der Waals surface area contributed by atoms with Crippen LogP contribution >= 0.6 is 0 Å². The molecule has 2 heterocycles. The molecule has 124 valence electrons. The van der Waals surface area contributed by atoms with Crippen LogP contribution in [0.5, 0.6) is 0 Å². The fourth-order valence-corrected chi connectivity index (χ4v) is 3.76. The molecule has 0 spiro atoms. The lowest BCUT2D eigenvalue weighted by Crippen LogP contribution is -2.48. The van der Waals surface area contributed by atoms with Crippen molar-refractivity contribution >= 4 is 17.5 Å². The van der Waals surface area contributed by atoms with Crippen LogP contribution in [0.2, 0.25) is 0 Å². The van der Waals surface area contributed by atoms with Crippen LogP contribution in [0.15, 0.2) is 18.2 Å². The minimum Gasteiger partial charge on any atom is -0.291 e. The molecule has 1 aromatic carbocycles. The Bertz CT molecular complexity index is 639. The first-order chi connectivity index (χ1) is 10.9. The van der Waals surface area contributed by atoms with Crippen LogP contribution in [0.4, 0.5) is 14.5 Å². The van der Waals surface area contributed by atoms with E-state index in [9.17, 15) is 18.4 Å². The summed E-state index contributed by atoms with van der Waals surface area (Å²) in [5.41, 5.74) is 0.0968. The molecule has 3 rings (SSSR count). The first kappa shape index (κ1) is 16.1. The summed E-state index contributed by atoms with van der Waals surface area (Å²) in [6.45, 7) is 5.83. The van der Waals surface area contributed by atoms with Gasteiger partial charge in [0, 0.05) is 19.2 Å². The summed E-state index contributed by atoms with van der Waals surface area (Å²) in [6, 6.07) is 2.59. The minimum absolute atomic E-state index is 0.0945. The number of likely N-dealkylation sites (tertiary alicyclic amines) is 1. The predicted octanol–water partition coefficient (Wildman–Crippen LogP) is 2.57. The Kier molecular flexibility index (Phi) is 4.19. The number of nitrogens with zero attached hydrogens (tertiary/aromatic N) is 2. The highest BCUT2D eigenvalue weighted by atomic mass is 19.2. The summed E-state index contributed by atoms with van der Waals surface area (Å²) in [5.74, 6) is -1.83. The van der Waals surface area contributed by atoms with E-state index in [2.05, 4.69) is 18.7 Å². The molecule has 0 bridgehead atoms. The third kappa shape index (κ3) is 3.00. The Labute approximate surface area is 134 Å². The van der Waals surface area contributed by atoms with Gasteiger partial charge in [0.1, 0.15) is 0 Å². The lowest BCUT2D eigenvalue weighted by molar-refractivity contribution is -0.123. The fourth-order valence-electron chi connectivity index (χ4n) is 3.76. The number of rotatable bonds is 2. The predicted molar refractivity (Wildman–Crippen MR) is 81.8 cm³/mol. The Morgan fingerprint density at radius 2 is 1.70 bits per heavy atom.